The summed E-state index contributed by atoms with van der Waals surface area (Å²) in [5.74, 6) is 2.98. The summed E-state index contributed by atoms with van der Waals surface area (Å²) < 4.78 is 10.9. The van der Waals surface area contributed by atoms with Gasteiger partial charge in [-0.2, -0.15) is 11.8 Å². The van der Waals surface area contributed by atoms with E-state index in [-0.39, 0.29) is 0 Å². The third-order valence-corrected chi connectivity index (χ3v) is 5.00. The second-order valence-corrected chi connectivity index (χ2v) is 6.53. The van der Waals surface area contributed by atoms with Gasteiger partial charge in [0, 0.05) is 17.8 Å². The molecule has 20 heavy (non-hydrogen) atoms. The summed E-state index contributed by atoms with van der Waals surface area (Å²) in [7, 11) is 1.67. The summed E-state index contributed by atoms with van der Waals surface area (Å²) in [6, 6.07) is 8.41. The van der Waals surface area contributed by atoms with Crippen LogP contribution >= 0.6 is 11.8 Å². The van der Waals surface area contributed by atoms with Crippen LogP contribution in [0.3, 0.4) is 0 Å². The third-order valence-electron chi connectivity index (χ3n) is 3.67. The maximum Gasteiger partial charge on any atom is 0.119 e. The van der Waals surface area contributed by atoms with Crippen LogP contribution in [-0.2, 0) is 0 Å². The molecule has 0 amide bonds. The molecule has 0 heterocycles. The van der Waals surface area contributed by atoms with Gasteiger partial charge in [0.05, 0.1) is 7.11 Å². The van der Waals surface area contributed by atoms with Gasteiger partial charge in [-0.15, -0.1) is 0 Å². The first-order valence-corrected chi connectivity index (χ1v) is 8.50. The Kier molecular flexibility index (Phi) is 6.54. The summed E-state index contributed by atoms with van der Waals surface area (Å²) in [6.45, 7) is 3.87. The maximum absolute atomic E-state index is 5.74. The van der Waals surface area contributed by atoms with Crippen molar-refractivity contribution < 1.29 is 9.47 Å². The number of nitrogens with one attached hydrogen (secondary N) is 1. The highest BCUT2D eigenvalue weighted by atomic mass is 32.2. The van der Waals surface area contributed by atoms with Gasteiger partial charge in [0.1, 0.15) is 18.1 Å². The molecule has 3 nitrogen and oxygen atoms in total. The number of hydrogen-bond donors (Lipinski definition) is 1. The number of rotatable bonds is 8. The topological polar surface area (TPSA) is 30.5 Å². The Morgan fingerprint density at radius 3 is 2.65 bits per heavy atom. The highest BCUT2D eigenvalue weighted by molar-refractivity contribution is 7.99. The largest absolute Gasteiger partial charge is 0.497 e. The van der Waals surface area contributed by atoms with E-state index in [0.717, 1.165) is 23.3 Å². The summed E-state index contributed by atoms with van der Waals surface area (Å²) in [5.41, 5.74) is 0. The molecule has 0 radical (unpaired) electrons. The minimum absolute atomic E-state index is 0.666. The Morgan fingerprint density at radius 1 is 1.20 bits per heavy atom. The van der Waals surface area contributed by atoms with Crippen LogP contribution in [0.2, 0.25) is 0 Å². The SMILES string of the molecule is CCSC1CCCC1NCCOc1ccc(OC)cc1. The lowest BCUT2D eigenvalue weighted by atomic mass is 10.2. The van der Waals surface area contributed by atoms with Gasteiger partial charge in [-0.3, -0.25) is 0 Å². The molecule has 1 aliphatic carbocycles. The monoisotopic (exact) mass is 295 g/mol. The van der Waals surface area contributed by atoms with Crippen molar-refractivity contribution in [1.82, 2.24) is 5.32 Å². The summed E-state index contributed by atoms with van der Waals surface area (Å²) in [5, 5.41) is 4.43. The molecule has 0 bridgehead atoms. The van der Waals surface area contributed by atoms with Crippen LogP contribution in [0.5, 0.6) is 11.5 Å². The molecule has 2 unspecified atom stereocenters. The van der Waals surface area contributed by atoms with Crippen molar-refractivity contribution in [2.45, 2.75) is 37.5 Å². The normalized spacial score (nSPS) is 21.9. The van der Waals surface area contributed by atoms with E-state index < -0.39 is 0 Å². The van der Waals surface area contributed by atoms with Gasteiger partial charge in [0.15, 0.2) is 0 Å². The van der Waals surface area contributed by atoms with Gasteiger partial charge in [-0.05, 0) is 42.9 Å². The lowest BCUT2D eigenvalue weighted by Gasteiger charge is -2.20. The van der Waals surface area contributed by atoms with E-state index in [4.69, 9.17) is 9.47 Å². The molecule has 1 saturated carbocycles. The molecular weight excluding hydrogens is 270 g/mol. The molecule has 0 aliphatic heterocycles. The Balaban J connectivity index is 1.65. The standard InChI is InChI=1S/C16H25NO2S/c1-3-20-16-6-4-5-15(16)17-11-12-19-14-9-7-13(18-2)8-10-14/h7-10,15-17H,3-6,11-12H2,1-2H3. The van der Waals surface area contributed by atoms with Crippen molar-refractivity contribution >= 4 is 11.8 Å². The third kappa shape index (κ3) is 4.60. The first-order chi connectivity index (χ1) is 9.83. The van der Waals surface area contributed by atoms with Gasteiger partial charge in [-0.25, -0.2) is 0 Å². The van der Waals surface area contributed by atoms with Crippen molar-refractivity contribution in [3.05, 3.63) is 24.3 Å². The number of methoxy groups -OCH3 is 1. The fourth-order valence-corrected chi connectivity index (χ4v) is 3.88. The highest BCUT2D eigenvalue weighted by Crippen LogP contribution is 2.29. The van der Waals surface area contributed by atoms with E-state index in [1.807, 2.05) is 24.3 Å². The average Bonchev–Trinajstić information content (AvgIpc) is 2.92. The molecule has 2 rings (SSSR count). The second kappa shape index (κ2) is 8.42. The predicted octanol–water partition coefficient (Wildman–Crippen LogP) is 3.34. The minimum atomic E-state index is 0.666. The van der Waals surface area contributed by atoms with Gasteiger partial charge >= 0.3 is 0 Å². The average molecular weight is 295 g/mol. The van der Waals surface area contributed by atoms with E-state index in [1.165, 1.54) is 25.0 Å². The van der Waals surface area contributed by atoms with Crippen LogP contribution < -0.4 is 14.8 Å². The van der Waals surface area contributed by atoms with Crippen LogP contribution in [-0.4, -0.2) is 37.3 Å². The Labute approximate surface area is 126 Å². The number of ether oxygens (including phenoxy) is 2. The molecule has 1 fully saturated rings. The molecule has 1 aromatic carbocycles. The number of thioether (sulfide) groups is 1. The maximum atomic E-state index is 5.74. The van der Waals surface area contributed by atoms with Crippen molar-refractivity contribution in [1.29, 1.82) is 0 Å². The van der Waals surface area contributed by atoms with Gasteiger partial charge in [0.25, 0.3) is 0 Å². The number of hydrogen-bond acceptors (Lipinski definition) is 4. The summed E-state index contributed by atoms with van der Waals surface area (Å²) in [6.07, 6.45) is 4.02. The van der Waals surface area contributed by atoms with Crippen LogP contribution in [0.1, 0.15) is 26.2 Å². The molecule has 0 saturated heterocycles. The van der Waals surface area contributed by atoms with Crippen molar-refractivity contribution in [2.75, 3.05) is 26.0 Å². The quantitative estimate of drug-likeness (QED) is 0.745. The zero-order valence-corrected chi connectivity index (χ0v) is 13.2. The van der Waals surface area contributed by atoms with Crippen LogP contribution in [0.15, 0.2) is 24.3 Å². The van der Waals surface area contributed by atoms with E-state index in [9.17, 15) is 0 Å². The molecule has 0 spiro atoms. The Bertz CT molecular complexity index is 383. The lowest BCUT2D eigenvalue weighted by molar-refractivity contribution is 0.305. The zero-order chi connectivity index (χ0) is 14.2. The molecule has 1 N–H and O–H groups in total. The fraction of sp³-hybridized carbons (Fsp3) is 0.625. The summed E-state index contributed by atoms with van der Waals surface area (Å²) >= 11 is 2.09. The zero-order valence-electron chi connectivity index (χ0n) is 12.4. The molecule has 0 aromatic heterocycles. The van der Waals surface area contributed by atoms with Gasteiger partial charge in [-0.1, -0.05) is 13.3 Å². The lowest BCUT2D eigenvalue weighted by Crippen LogP contribution is -2.36. The molecule has 1 aromatic rings. The smallest absolute Gasteiger partial charge is 0.119 e. The van der Waals surface area contributed by atoms with Gasteiger partial charge in [0.2, 0.25) is 0 Å². The Morgan fingerprint density at radius 2 is 1.95 bits per heavy atom. The molecular formula is C16H25NO2S. The van der Waals surface area contributed by atoms with E-state index in [0.29, 0.717) is 12.6 Å². The second-order valence-electron chi connectivity index (χ2n) is 5.01. The highest BCUT2D eigenvalue weighted by Gasteiger charge is 2.26. The van der Waals surface area contributed by atoms with E-state index in [2.05, 4.69) is 24.0 Å². The van der Waals surface area contributed by atoms with Crippen molar-refractivity contribution in [3.8, 4) is 11.5 Å². The van der Waals surface area contributed by atoms with Crippen LogP contribution in [0.25, 0.3) is 0 Å². The van der Waals surface area contributed by atoms with Crippen LogP contribution in [0, 0.1) is 0 Å². The van der Waals surface area contributed by atoms with Crippen LogP contribution in [0.4, 0.5) is 0 Å². The minimum Gasteiger partial charge on any atom is -0.497 e. The van der Waals surface area contributed by atoms with E-state index >= 15 is 0 Å². The van der Waals surface area contributed by atoms with Crippen molar-refractivity contribution in [2.24, 2.45) is 0 Å². The molecule has 4 heteroatoms. The summed E-state index contributed by atoms with van der Waals surface area (Å²) in [4.78, 5) is 0. The number of benzene rings is 1. The predicted molar refractivity (Wildman–Crippen MR) is 86.1 cm³/mol. The molecule has 2 atom stereocenters. The Hall–Kier alpha value is -0.870. The molecule has 112 valence electrons. The first-order valence-electron chi connectivity index (χ1n) is 7.45. The van der Waals surface area contributed by atoms with Gasteiger partial charge < -0.3 is 14.8 Å². The van der Waals surface area contributed by atoms with Crippen molar-refractivity contribution in [3.63, 3.8) is 0 Å². The molecule has 1 aliphatic rings. The fourth-order valence-electron chi connectivity index (χ4n) is 2.66. The van der Waals surface area contributed by atoms with E-state index in [1.54, 1.807) is 7.11 Å². The first kappa shape index (κ1) is 15.5.